The Labute approximate surface area is 210 Å². The largest absolute Gasteiger partial charge is 0.507 e. The van der Waals surface area contributed by atoms with Gasteiger partial charge in [0.1, 0.15) is 17.3 Å². The maximum absolute atomic E-state index is 13.8. The Bertz CT molecular complexity index is 1360. The second-order valence-corrected chi connectivity index (χ2v) is 9.33. The summed E-state index contributed by atoms with van der Waals surface area (Å²) < 4.78 is 19.5. The first-order valence-electron chi connectivity index (χ1n) is 12.0. The third kappa shape index (κ3) is 4.51. The highest BCUT2D eigenvalue weighted by molar-refractivity contribution is 6.51. The van der Waals surface area contributed by atoms with E-state index in [1.165, 1.54) is 29.2 Å². The minimum atomic E-state index is -0.915. The number of halogens is 1. The first kappa shape index (κ1) is 25.2. The van der Waals surface area contributed by atoms with Crippen LogP contribution in [0.1, 0.15) is 60.5 Å². The summed E-state index contributed by atoms with van der Waals surface area (Å²) in [5, 5.41) is 11.5. The Balaban J connectivity index is 1.94. The van der Waals surface area contributed by atoms with Crippen LogP contribution in [0, 0.1) is 19.7 Å². The summed E-state index contributed by atoms with van der Waals surface area (Å²) in [6.45, 7) is 10.3. The number of Topliss-reactive ketones (excluding diaryl/α,β-unsaturated/α-hetero) is 1. The predicted molar refractivity (Wildman–Crippen MR) is 139 cm³/mol. The molecule has 3 aromatic carbocycles. The molecule has 1 aliphatic rings. The molecule has 0 saturated carbocycles. The quantitative estimate of drug-likeness (QED) is 0.242. The van der Waals surface area contributed by atoms with E-state index < -0.39 is 23.5 Å². The Morgan fingerprint density at radius 2 is 1.69 bits per heavy atom. The Hall–Kier alpha value is -3.93. The number of hydrogen-bond donors (Lipinski definition) is 1. The highest BCUT2D eigenvalue weighted by Crippen LogP contribution is 2.43. The number of ketones is 1. The lowest BCUT2D eigenvalue weighted by Crippen LogP contribution is -2.29. The lowest BCUT2D eigenvalue weighted by atomic mass is 9.93. The zero-order valence-corrected chi connectivity index (χ0v) is 21.1. The molecule has 1 aliphatic heterocycles. The van der Waals surface area contributed by atoms with Crippen molar-refractivity contribution in [3.05, 3.63) is 99.9 Å². The van der Waals surface area contributed by atoms with Crippen LogP contribution in [0.15, 0.2) is 66.2 Å². The van der Waals surface area contributed by atoms with Gasteiger partial charge in [0, 0.05) is 11.3 Å². The number of aryl methyl sites for hydroxylation is 2. The van der Waals surface area contributed by atoms with Crippen LogP contribution in [-0.4, -0.2) is 23.4 Å². The molecule has 1 N–H and O–H groups in total. The third-order valence-corrected chi connectivity index (χ3v) is 6.60. The van der Waals surface area contributed by atoms with Crippen LogP contribution in [0.5, 0.6) is 5.75 Å². The summed E-state index contributed by atoms with van der Waals surface area (Å²) in [4.78, 5) is 28.1. The summed E-state index contributed by atoms with van der Waals surface area (Å²) in [5.41, 5.74) is 4.30. The first-order valence-corrected chi connectivity index (χ1v) is 12.0. The predicted octanol–water partition coefficient (Wildman–Crippen LogP) is 6.59. The number of carbonyl (C=O) groups excluding carboxylic acids is 2. The van der Waals surface area contributed by atoms with Gasteiger partial charge in [0.05, 0.1) is 18.2 Å². The number of hydrogen-bond acceptors (Lipinski definition) is 4. The highest BCUT2D eigenvalue weighted by Gasteiger charge is 2.47. The van der Waals surface area contributed by atoms with Gasteiger partial charge in [-0.3, -0.25) is 14.5 Å². The molecule has 6 heteroatoms. The number of benzene rings is 3. The molecular formula is C30H30FNO4. The molecule has 3 aromatic rings. The van der Waals surface area contributed by atoms with E-state index in [0.717, 1.165) is 16.7 Å². The van der Waals surface area contributed by atoms with Crippen molar-refractivity contribution in [2.75, 3.05) is 11.5 Å². The average Bonchev–Trinajstić information content (AvgIpc) is 3.11. The number of ether oxygens (including phenoxy) is 1. The summed E-state index contributed by atoms with van der Waals surface area (Å²) >= 11 is 0. The lowest BCUT2D eigenvalue weighted by molar-refractivity contribution is -0.132. The van der Waals surface area contributed by atoms with E-state index in [4.69, 9.17) is 4.74 Å². The van der Waals surface area contributed by atoms with Crippen molar-refractivity contribution in [1.82, 2.24) is 0 Å². The molecule has 0 radical (unpaired) electrons. The zero-order valence-electron chi connectivity index (χ0n) is 21.1. The maximum atomic E-state index is 13.8. The van der Waals surface area contributed by atoms with Gasteiger partial charge in [-0.25, -0.2) is 4.39 Å². The molecule has 0 spiro atoms. The van der Waals surface area contributed by atoms with Crippen molar-refractivity contribution < 1.29 is 23.8 Å². The second kappa shape index (κ2) is 9.97. The summed E-state index contributed by atoms with van der Waals surface area (Å²) in [7, 11) is 0. The van der Waals surface area contributed by atoms with Gasteiger partial charge < -0.3 is 9.84 Å². The monoisotopic (exact) mass is 487 g/mol. The van der Waals surface area contributed by atoms with Gasteiger partial charge in [-0.05, 0) is 91.4 Å². The molecular weight excluding hydrogens is 457 g/mol. The first-order chi connectivity index (χ1) is 17.1. The van der Waals surface area contributed by atoms with E-state index >= 15 is 0 Å². The van der Waals surface area contributed by atoms with Crippen LogP contribution in [0.4, 0.5) is 10.1 Å². The number of carbonyl (C=O) groups is 2. The molecule has 1 amide bonds. The van der Waals surface area contributed by atoms with Crippen molar-refractivity contribution in [1.29, 1.82) is 0 Å². The smallest absolute Gasteiger partial charge is 0.300 e. The number of rotatable bonds is 6. The summed E-state index contributed by atoms with van der Waals surface area (Å²) in [6, 6.07) is 15.4. The molecule has 4 rings (SSSR count). The van der Waals surface area contributed by atoms with Crippen molar-refractivity contribution in [2.24, 2.45) is 0 Å². The standard InChI is InChI=1S/C30H30FNO4/c1-6-36-25-14-10-21(16-24(25)17(2)3)28(33)26-27(20-8-11-22(31)12-9-20)32(30(35)29(26)34)23-13-7-18(4)19(5)15-23/h7-17,27,33H,6H2,1-5H3/b28-26-. The lowest BCUT2D eigenvalue weighted by Gasteiger charge is -2.26. The fourth-order valence-corrected chi connectivity index (χ4v) is 4.52. The molecule has 186 valence electrons. The number of aliphatic hydroxyl groups excluding tert-OH is 1. The molecule has 1 saturated heterocycles. The second-order valence-electron chi connectivity index (χ2n) is 9.33. The SMILES string of the molecule is CCOc1ccc(/C(O)=C2/C(=O)C(=O)N(c3ccc(C)c(C)c3)C2c2ccc(F)cc2)cc1C(C)C. The van der Waals surface area contributed by atoms with Gasteiger partial charge in [-0.2, -0.15) is 0 Å². The average molecular weight is 488 g/mol. The maximum Gasteiger partial charge on any atom is 0.300 e. The fourth-order valence-electron chi connectivity index (χ4n) is 4.52. The van der Waals surface area contributed by atoms with Gasteiger partial charge in [0.25, 0.3) is 11.7 Å². The number of amides is 1. The minimum absolute atomic E-state index is 0.0382. The van der Waals surface area contributed by atoms with E-state index in [-0.39, 0.29) is 17.3 Å². The van der Waals surface area contributed by atoms with E-state index in [1.807, 2.05) is 46.8 Å². The molecule has 0 aromatic heterocycles. The van der Waals surface area contributed by atoms with Gasteiger partial charge in [0.2, 0.25) is 0 Å². The normalized spacial score (nSPS) is 17.2. The zero-order chi connectivity index (χ0) is 26.1. The Kier molecular flexibility index (Phi) is 6.97. The molecule has 0 aliphatic carbocycles. The van der Waals surface area contributed by atoms with Crippen LogP contribution in [0.25, 0.3) is 5.76 Å². The third-order valence-electron chi connectivity index (χ3n) is 6.60. The van der Waals surface area contributed by atoms with Gasteiger partial charge in [-0.1, -0.05) is 32.0 Å². The van der Waals surface area contributed by atoms with E-state index in [2.05, 4.69) is 0 Å². The molecule has 1 heterocycles. The molecule has 0 bridgehead atoms. The van der Waals surface area contributed by atoms with Crippen molar-refractivity contribution >= 4 is 23.1 Å². The van der Waals surface area contributed by atoms with Crippen molar-refractivity contribution in [3.8, 4) is 5.75 Å². The fraction of sp³-hybridized carbons (Fsp3) is 0.267. The summed E-state index contributed by atoms with van der Waals surface area (Å²) in [6.07, 6.45) is 0. The van der Waals surface area contributed by atoms with Gasteiger partial charge in [-0.15, -0.1) is 0 Å². The van der Waals surface area contributed by atoms with Gasteiger partial charge >= 0.3 is 0 Å². The van der Waals surface area contributed by atoms with Crippen LogP contribution in [-0.2, 0) is 9.59 Å². The van der Waals surface area contributed by atoms with Crippen LogP contribution in [0.3, 0.4) is 0 Å². The van der Waals surface area contributed by atoms with Crippen molar-refractivity contribution in [2.45, 2.75) is 46.6 Å². The van der Waals surface area contributed by atoms with Crippen molar-refractivity contribution in [3.63, 3.8) is 0 Å². The molecule has 1 fully saturated rings. The van der Waals surface area contributed by atoms with Crippen LogP contribution < -0.4 is 9.64 Å². The molecule has 36 heavy (non-hydrogen) atoms. The van der Waals surface area contributed by atoms with Crippen LogP contribution in [0.2, 0.25) is 0 Å². The Morgan fingerprint density at radius 3 is 2.31 bits per heavy atom. The number of nitrogens with zero attached hydrogens (tertiary/aromatic N) is 1. The van der Waals surface area contributed by atoms with Gasteiger partial charge in [0.15, 0.2) is 0 Å². The topological polar surface area (TPSA) is 66.8 Å². The Morgan fingerprint density at radius 1 is 1.00 bits per heavy atom. The molecule has 1 atom stereocenters. The highest BCUT2D eigenvalue weighted by atomic mass is 19.1. The van der Waals surface area contributed by atoms with E-state index in [1.54, 1.807) is 24.3 Å². The molecule has 1 unspecified atom stereocenters. The number of anilines is 1. The van der Waals surface area contributed by atoms with E-state index in [9.17, 15) is 19.1 Å². The van der Waals surface area contributed by atoms with E-state index in [0.29, 0.717) is 29.2 Å². The molecule has 5 nitrogen and oxygen atoms in total. The summed E-state index contributed by atoms with van der Waals surface area (Å²) in [5.74, 6) is -1.45. The number of aliphatic hydroxyl groups is 1. The van der Waals surface area contributed by atoms with Crippen LogP contribution >= 0.6 is 0 Å². The minimum Gasteiger partial charge on any atom is -0.507 e.